The molecule has 0 aromatic carbocycles. The number of carbonyl (C=O) groups excluding carboxylic acids is 1. The molecule has 2 atom stereocenters. The second kappa shape index (κ2) is 3.88. The lowest BCUT2D eigenvalue weighted by atomic mass is 9.69. The standard InChI is InChI=1S/C11H18O/c1-10-6-3-4-7-11(10,2)8-5-9-12/h3,6,9-10H,4-5,7-8H2,1-2H3. The monoisotopic (exact) mass is 166 g/mol. The van der Waals surface area contributed by atoms with Gasteiger partial charge in [0.15, 0.2) is 0 Å². The van der Waals surface area contributed by atoms with Crippen molar-refractivity contribution in [2.24, 2.45) is 11.3 Å². The molecule has 0 aliphatic heterocycles. The highest BCUT2D eigenvalue weighted by Crippen LogP contribution is 2.40. The molecule has 1 rings (SSSR count). The molecule has 1 aliphatic rings. The summed E-state index contributed by atoms with van der Waals surface area (Å²) in [6.45, 7) is 4.55. The highest BCUT2D eigenvalue weighted by atomic mass is 16.1. The van der Waals surface area contributed by atoms with Crippen molar-refractivity contribution in [2.75, 3.05) is 0 Å². The molecule has 2 unspecified atom stereocenters. The second-order valence-corrected chi connectivity index (χ2v) is 4.11. The SMILES string of the molecule is CC1C=CCCC1(C)CCC=O. The van der Waals surface area contributed by atoms with Gasteiger partial charge < -0.3 is 4.79 Å². The van der Waals surface area contributed by atoms with E-state index in [-0.39, 0.29) is 0 Å². The lowest BCUT2D eigenvalue weighted by Crippen LogP contribution is -2.26. The van der Waals surface area contributed by atoms with Crippen molar-refractivity contribution < 1.29 is 4.79 Å². The van der Waals surface area contributed by atoms with Crippen LogP contribution in [0.1, 0.15) is 39.5 Å². The fourth-order valence-corrected chi connectivity index (χ4v) is 1.91. The van der Waals surface area contributed by atoms with Crippen molar-refractivity contribution in [3.63, 3.8) is 0 Å². The first-order valence-electron chi connectivity index (χ1n) is 4.79. The van der Waals surface area contributed by atoms with E-state index in [1.54, 1.807) is 0 Å². The zero-order chi connectivity index (χ0) is 9.03. The molecule has 0 saturated carbocycles. The molecule has 1 heteroatoms. The lowest BCUT2D eigenvalue weighted by Gasteiger charge is -2.36. The normalized spacial score (nSPS) is 35.0. The van der Waals surface area contributed by atoms with Gasteiger partial charge in [-0.1, -0.05) is 26.0 Å². The molecule has 0 amide bonds. The molecule has 0 bridgehead atoms. The van der Waals surface area contributed by atoms with E-state index in [2.05, 4.69) is 26.0 Å². The minimum atomic E-state index is 0.371. The third kappa shape index (κ3) is 1.96. The molecule has 0 aromatic heterocycles. The second-order valence-electron chi connectivity index (χ2n) is 4.11. The number of hydrogen-bond donors (Lipinski definition) is 0. The molecule has 1 nitrogen and oxygen atoms in total. The fraction of sp³-hybridized carbons (Fsp3) is 0.727. The van der Waals surface area contributed by atoms with Gasteiger partial charge in [0.1, 0.15) is 6.29 Å². The first kappa shape index (κ1) is 9.50. The van der Waals surface area contributed by atoms with Crippen LogP contribution in [0.15, 0.2) is 12.2 Å². The smallest absolute Gasteiger partial charge is 0.120 e. The summed E-state index contributed by atoms with van der Waals surface area (Å²) in [4.78, 5) is 10.3. The van der Waals surface area contributed by atoms with E-state index in [4.69, 9.17) is 0 Å². The van der Waals surface area contributed by atoms with Crippen LogP contribution in [0.4, 0.5) is 0 Å². The zero-order valence-electron chi connectivity index (χ0n) is 8.05. The quantitative estimate of drug-likeness (QED) is 0.465. The zero-order valence-corrected chi connectivity index (χ0v) is 8.05. The van der Waals surface area contributed by atoms with Gasteiger partial charge in [0.25, 0.3) is 0 Å². The number of aldehydes is 1. The van der Waals surface area contributed by atoms with E-state index >= 15 is 0 Å². The number of hydrogen-bond acceptors (Lipinski definition) is 1. The molecule has 1 aliphatic carbocycles. The van der Waals surface area contributed by atoms with E-state index in [0.717, 1.165) is 12.7 Å². The Bertz CT molecular complexity index is 183. The van der Waals surface area contributed by atoms with E-state index in [1.165, 1.54) is 12.8 Å². The van der Waals surface area contributed by atoms with E-state index in [1.807, 2.05) is 0 Å². The van der Waals surface area contributed by atoms with Gasteiger partial charge in [-0.2, -0.15) is 0 Å². The number of rotatable bonds is 3. The Morgan fingerprint density at radius 2 is 2.42 bits per heavy atom. The maximum atomic E-state index is 10.3. The van der Waals surface area contributed by atoms with Gasteiger partial charge in [-0.25, -0.2) is 0 Å². The van der Waals surface area contributed by atoms with Crippen molar-refractivity contribution >= 4 is 6.29 Å². The molecule has 12 heavy (non-hydrogen) atoms. The van der Waals surface area contributed by atoms with Gasteiger partial charge in [0, 0.05) is 6.42 Å². The summed E-state index contributed by atoms with van der Waals surface area (Å²) in [7, 11) is 0. The Hall–Kier alpha value is -0.590. The largest absolute Gasteiger partial charge is 0.303 e. The average Bonchev–Trinajstić information content (AvgIpc) is 2.07. The van der Waals surface area contributed by atoms with Gasteiger partial charge in [0.2, 0.25) is 0 Å². The van der Waals surface area contributed by atoms with Crippen molar-refractivity contribution in [1.29, 1.82) is 0 Å². The van der Waals surface area contributed by atoms with Crippen LogP contribution in [0.25, 0.3) is 0 Å². The molecule has 0 radical (unpaired) electrons. The first-order chi connectivity index (χ1) is 5.69. The summed E-state index contributed by atoms with van der Waals surface area (Å²) in [5.74, 6) is 0.631. The van der Waals surface area contributed by atoms with Crippen molar-refractivity contribution in [1.82, 2.24) is 0 Å². The minimum absolute atomic E-state index is 0.371. The van der Waals surface area contributed by atoms with Crippen LogP contribution in [0, 0.1) is 11.3 Å². The molecule has 0 spiro atoms. The van der Waals surface area contributed by atoms with Crippen LogP contribution in [0.2, 0.25) is 0 Å². The van der Waals surface area contributed by atoms with Crippen molar-refractivity contribution in [3.8, 4) is 0 Å². The molecule has 0 saturated heterocycles. The topological polar surface area (TPSA) is 17.1 Å². The van der Waals surface area contributed by atoms with Gasteiger partial charge in [0.05, 0.1) is 0 Å². The molecule has 0 heterocycles. The highest BCUT2D eigenvalue weighted by molar-refractivity contribution is 5.49. The molecular weight excluding hydrogens is 148 g/mol. The minimum Gasteiger partial charge on any atom is -0.303 e. The van der Waals surface area contributed by atoms with Crippen LogP contribution in [-0.4, -0.2) is 6.29 Å². The van der Waals surface area contributed by atoms with Crippen LogP contribution in [0.5, 0.6) is 0 Å². The Morgan fingerprint density at radius 3 is 3.00 bits per heavy atom. The van der Waals surface area contributed by atoms with E-state index < -0.39 is 0 Å². The highest BCUT2D eigenvalue weighted by Gasteiger charge is 2.30. The maximum Gasteiger partial charge on any atom is 0.120 e. The van der Waals surface area contributed by atoms with Crippen LogP contribution in [0.3, 0.4) is 0 Å². The van der Waals surface area contributed by atoms with Gasteiger partial charge in [-0.15, -0.1) is 0 Å². The van der Waals surface area contributed by atoms with Crippen molar-refractivity contribution in [2.45, 2.75) is 39.5 Å². The number of allylic oxidation sites excluding steroid dienone is 2. The summed E-state index contributed by atoms with van der Waals surface area (Å²) in [6, 6.07) is 0. The first-order valence-corrected chi connectivity index (χ1v) is 4.79. The van der Waals surface area contributed by atoms with Crippen molar-refractivity contribution in [3.05, 3.63) is 12.2 Å². The molecule has 0 fully saturated rings. The predicted molar refractivity (Wildman–Crippen MR) is 50.9 cm³/mol. The summed E-state index contributed by atoms with van der Waals surface area (Å²) in [5, 5.41) is 0. The Balaban J connectivity index is 2.55. The third-order valence-electron chi connectivity index (χ3n) is 3.24. The Kier molecular flexibility index (Phi) is 3.07. The Labute approximate surface area is 74.9 Å². The van der Waals surface area contributed by atoms with Crippen LogP contribution in [-0.2, 0) is 4.79 Å². The van der Waals surface area contributed by atoms with Gasteiger partial charge in [-0.3, -0.25) is 0 Å². The third-order valence-corrected chi connectivity index (χ3v) is 3.24. The predicted octanol–water partition coefficient (Wildman–Crippen LogP) is 2.96. The number of carbonyl (C=O) groups is 1. The summed E-state index contributed by atoms with van der Waals surface area (Å²) < 4.78 is 0. The van der Waals surface area contributed by atoms with E-state index in [0.29, 0.717) is 17.8 Å². The van der Waals surface area contributed by atoms with Gasteiger partial charge >= 0.3 is 0 Å². The maximum absolute atomic E-state index is 10.3. The summed E-state index contributed by atoms with van der Waals surface area (Å²) in [6.07, 6.45) is 9.76. The Morgan fingerprint density at radius 1 is 1.67 bits per heavy atom. The average molecular weight is 166 g/mol. The lowest BCUT2D eigenvalue weighted by molar-refractivity contribution is -0.108. The fourth-order valence-electron chi connectivity index (χ4n) is 1.91. The molecule has 0 N–H and O–H groups in total. The molecule has 0 aromatic rings. The van der Waals surface area contributed by atoms with E-state index in [9.17, 15) is 4.79 Å². The molecular formula is C11H18O. The molecule has 68 valence electrons. The summed E-state index contributed by atoms with van der Waals surface area (Å²) >= 11 is 0. The summed E-state index contributed by atoms with van der Waals surface area (Å²) in [5.41, 5.74) is 0.371. The van der Waals surface area contributed by atoms with Crippen LogP contribution >= 0.6 is 0 Å². The van der Waals surface area contributed by atoms with Gasteiger partial charge in [-0.05, 0) is 30.6 Å². The van der Waals surface area contributed by atoms with Crippen LogP contribution < -0.4 is 0 Å².